The van der Waals surface area contributed by atoms with Crippen molar-refractivity contribution in [3.8, 4) is 22.5 Å². The molecule has 0 atom stereocenters. The van der Waals surface area contributed by atoms with Crippen LogP contribution in [0.1, 0.15) is 62.8 Å². The first-order valence-corrected chi connectivity index (χ1v) is 12.1. The molecule has 0 unspecified atom stereocenters. The van der Waals surface area contributed by atoms with Crippen LogP contribution in [0.4, 0.5) is 0 Å². The predicted octanol–water partition coefficient (Wildman–Crippen LogP) is 6.77. The van der Waals surface area contributed by atoms with Crippen LogP contribution in [-0.4, -0.2) is 22.5 Å². The molecule has 0 bridgehead atoms. The molecule has 33 heavy (non-hydrogen) atoms. The molecule has 1 heterocycles. The summed E-state index contributed by atoms with van der Waals surface area (Å²) in [5, 5.41) is 0. The zero-order valence-corrected chi connectivity index (χ0v) is 20.6. The van der Waals surface area contributed by atoms with E-state index < -0.39 is 0 Å². The van der Waals surface area contributed by atoms with E-state index in [1.165, 1.54) is 27.8 Å². The Bertz CT molecular complexity index is 1070. The SMILES string of the molecule is CCOC(=O)CCCc1cccc(-c2cnc(-c3ccc(CC(C)C)c(C)c3)nc2)c1CC. The molecular weight excluding hydrogens is 408 g/mol. The molecule has 0 N–H and O–H groups in total. The molecule has 0 aliphatic heterocycles. The monoisotopic (exact) mass is 444 g/mol. The molecule has 0 fully saturated rings. The molecule has 0 amide bonds. The van der Waals surface area contributed by atoms with Gasteiger partial charge in [0.1, 0.15) is 0 Å². The molecule has 4 nitrogen and oxygen atoms in total. The van der Waals surface area contributed by atoms with Crippen molar-refractivity contribution in [1.29, 1.82) is 0 Å². The largest absolute Gasteiger partial charge is 0.466 e. The highest BCUT2D eigenvalue weighted by molar-refractivity contribution is 5.70. The minimum Gasteiger partial charge on any atom is -0.466 e. The van der Waals surface area contributed by atoms with Gasteiger partial charge in [0.25, 0.3) is 0 Å². The van der Waals surface area contributed by atoms with Gasteiger partial charge in [-0.2, -0.15) is 0 Å². The van der Waals surface area contributed by atoms with Crippen LogP contribution in [-0.2, 0) is 28.8 Å². The Morgan fingerprint density at radius 1 is 1.00 bits per heavy atom. The number of aromatic nitrogens is 2. The second kappa shape index (κ2) is 11.7. The van der Waals surface area contributed by atoms with Gasteiger partial charge in [0, 0.05) is 29.9 Å². The van der Waals surface area contributed by atoms with Crippen LogP contribution in [0.2, 0.25) is 0 Å². The summed E-state index contributed by atoms with van der Waals surface area (Å²) in [6.45, 7) is 11.1. The Hall–Kier alpha value is -3.01. The van der Waals surface area contributed by atoms with Crippen molar-refractivity contribution < 1.29 is 9.53 Å². The molecule has 1 aromatic heterocycles. The van der Waals surface area contributed by atoms with Crippen LogP contribution in [0.3, 0.4) is 0 Å². The average molecular weight is 445 g/mol. The van der Waals surface area contributed by atoms with E-state index in [9.17, 15) is 4.79 Å². The summed E-state index contributed by atoms with van der Waals surface area (Å²) in [5.74, 6) is 1.27. The summed E-state index contributed by atoms with van der Waals surface area (Å²) >= 11 is 0. The van der Waals surface area contributed by atoms with E-state index in [-0.39, 0.29) is 5.97 Å². The van der Waals surface area contributed by atoms with Gasteiger partial charge >= 0.3 is 5.97 Å². The van der Waals surface area contributed by atoms with E-state index in [0.29, 0.717) is 18.9 Å². The van der Waals surface area contributed by atoms with Gasteiger partial charge in [-0.25, -0.2) is 9.97 Å². The van der Waals surface area contributed by atoms with Crippen LogP contribution < -0.4 is 0 Å². The van der Waals surface area contributed by atoms with Gasteiger partial charge in [0.05, 0.1) is 6.61 Å². The molecule has 0 aliphatic rings. The minimum absolute atomic E-state index is 0.122. The third-order valence-electron chi connectivity index (χ3n) is 5.95. The molecule has 3 rings (SSSR count). The van der Waals surface area contributed by atoms with E-state index >= 15 is 0 Å². The number of hydrogen-bond acceptors (Lipinski definition) is 4. The second-order valence-corrected chi connectivity index (χ2v) is 8.99. The molecule has 0 aliphatic carbocycles. The Morgan fingerprint density at radius 2 is 1.76 bits per heavy atom. The normalized spacial score (nSPS) is 11.1. The summed E-state index contributed by atoms with van der Waals surface area (Å²) in [6.07, 6.45) is 7.96. The molecule has 2 aromatic carbocycles. The van der Waals surface area contributed by atoms with Crippen molar-refractivity contribution in [3.05, 3.63) is 71.0 Å². The molecule has 174 valence electrons. The number of aryl methyl sites for hydroxylation is 2. The highest BCUT2D eigenvalue weighted by Crippen LogP contribution is 2.28. The number of carbonyl (C=O) groups is 1. The van der Waals surface area contributed by atoms with E-state index in [0.717, 1.165) is 42.6 Å². The van der Waals surface area contributed by atoms with Gasteiger partial charge in [0.15, 0.2) is 5.82 Å². The van der Waals surface area contributed by atoms with Gasteiger partial charge < -0.3 is 4.74 Å². The third-order valence-corrected chi connectivity index (χ3v) is 5.95. The quantitative estimate of drug-likeness (QED) is 0.324. The summed E-state index contributed by atoms with van der Waals surface area (Å²) in [7, 11) is 0. The van der Waals surface area contributed by atoms with Crippen LogP contribution in [0.15, 0.2) is 48.8 Å². The van der Waals surface area contributed by atoms with Gasteiger partial charge in [-0.1, -0.05) is 51.1 Å². The lowest BCUT2D eigenvalue weighted by Crippen LogP contribution is -2.05. The Balaban J connectivity index is 1.79. The van der Waals surface area contributed by atoms with E-state index in [4.69, 9.17) is 14.7 Å². The highest BCUT2D eigenvalue weighted by atomic mass is 16.5. The first kappa shape index (κ1) is 24.6. The predicted molar refractivity (Wildman–Crippen MR) is 135 cm³/mol. The molecule has 4 heteroatoms. The molecule has 0 spiro atoms. The van der Waals surface area contributed by atoms with Crippen LogP contribution in [0.25, 0.3) is 22.5 Å². The molecule has 0 saturated carbocycles. The van der Waals surface area contributed by atoms with Crippen molar-refractivity contribution >= 4 is 5.97 Å². The zero-order valence-electron chi connectivity index (χ0n) is 20.6. The maximum Gasteiger partial charge on any atom is 0.305 e. The summed E-state index contributed by atoms with van der Waals surface area (Å²) in [5.41, 5.74) is 8.49. The molecule has 0 radical (unpaired) electrons. The summed E-state index contributed by atoms with van der Waals surface area (Å²) in [6, 6.07) is 12.9. The summed E-state index contributed by atoms with van der Waals surface area (Å²) in [4.78, 5) is 21.1. The van der Waals surface area contributed by atoms with Crippen molar-refractivity contribution in [2.45, 2.75) is 66.7 Å². The Morgan fingerprint density at radius 3 is 2.39 bits per heavy atom. The third kappa shape index (κ3) is 6.50. The van der Waals surface area contributed by atoms with Gasteiger partial charge in [-0.3, -0.25) is 4.79 Å². The first-order valence-electron chi connectivity index (χ1n) is 12.1. The lowest BCUT2D eigenvalue weighted by molar-refractivity contribution is -0.143. The highest BCUT2D eigenvalue weighted by Gasteiger charge is 2.12. The lowest BCUT2D eigenvalue weighted by Gasteiger charge is -2.14. The van der Waals surface area contributed by atoms with E-state index in [1.807, 2.05) is 19.3 Å². The minimum atomic E-state index is -0.122. The Kier molecular flexibility index (Phi) is 8.76. The van der Waals surface area contributed by atoms with Crippen molar-refractivity contribution in [1.82, 2.24) is 9.97 Å². The fourth-order valence-corrected chi connectivity index (χ4v) is 4.33. The number of benzene rings is 2. The lowest BCUT2D eigenvalue weighted by atomic mass is 9.92. The van der Waals surface area contributed by atoms with Crippen LogP contribution >= 0.6 is 0 Å². The second-order valence-electron chi connectivity index (χ2n) is 8.99. The van der Waals surface area contributed by atoms with Gasteiger partial charge in [0.2, 0.25) is 0 Å². The number of nitrogens with zero attached hydrogens (tertiary/aromatic N) is 2. The summed E-state index contributed by atoms with van der Waals surface area (Å²) < 4.78 is 5.05. The van der Waals surface area contributed by atoms with Crippen molar-refractivity contribution in [3.63, 3.8) is 0 Å². The van der Waals surface area contributed by atoms with Crippen molar-refractivity contribution in [2.24, 2.45) is 5.92 Å². The van der Waals surface area contributed by atoms with Gasteiger partial charge in [-0.05, 0) is 79.3 Å². The smallest absolute Gasteiger partial charge is 0.305 e. The fourth-order valence-electron chi connectivity index (χ4n) is 4.33. The maximum atomic E-state index is 11.7. The van der Waals surface area contributed by atoms with Crippen LogP contribution in [0.5, 0.6) is 0 Å². The van der Waals surface area contributed by atoms with E-state index in [1.54, 1.807) is 0 Å². The average Bonchev–Trinajstić information content (AvgIpc) is 2.80. The number of carbonyl (C=O) groups excluding carboxylic acids is 1. The molecule has 0 saturated heterocycles. The number of hydrogen-bond donors (Lipinski definition) is 0. The van der Waals surface area contributed by atoms with Gasteiger partial charge in [-0.15, -0.1) is 0 Å². The van der Waals surface area contributed by atoms with Crippen molar-refractivity contribution in [2.75, 3.05) is 6.61 Å². The van der Waals surface area contributed by atoms with Crippen LogP contribution in [0, 0.1) is 12.8 Å². The fraction of sp³-hybridized carbons (Fsp3) is 0.414. The first-order chi connectivity index (χ1) is 15.9. The van der Waals surface area contributed by atoms with E-state index in [2.05, 4.69) is 64.1 Å². The zero-order chi connectivity index (χ0) is 23.8. The number of rotatable bonds is 10. The number of ether oxygens (including phenoxy) is 1. The number of esters is 1. The molecular formula is C29H36N2O2. The maximum absolute atomic E-state index is 11.7. The molecule has 3 aromatic rings. The standard InChI is InChI=1S/C29H36N2O2/c1-6-26-22(11-9-13-28(32)33-7-2)10-8-12-27(26)25-18-30-29(31-19-25)24-15-14-23(16-20(3)4)21(5)17-24/h8,10,12,14-15,17-20H,6-7,9,11,13,16H2,1-5H3. The topological polar surface area (TPSA) is 52.1 Å². The Labute approximate surface area is 198 Å².